The molecule has 0 heterocycles. The molecule has 108 valence electrons. The van der Waals surface area contributed by atoms with E-state index >= 15 is 0 Å². The zero-order valence-corrected chi connectivity index (χ0v) is 10.8. The van der Waals surface area contributed by atoms with Gasteiger partial charge in [-0.25, -0.2) is 0 Å². The molecule has 1 aliphatic carbocycles. The molecule has 0 N–H and O–H groups in total. The monoisotopic (exact) mass is 276 g/mol. The van der Waals surface area contributed by atoms with Crippen LogP contribution in [-0.4, -0.2) is 12.4 Å². The first-order valence-corrected chi connectivity index (χ1v) is 5.85. The van der Waals surface area contributed by atoms with E-state index in [1.807, 2.05) is 0 Å². The van der Waals surface area contributed by atoms with Crippen LogP contribution in [0.3, 0.4) is 0 Å². The lowest BCUT2D eigenvalue weighted by atomic mass is 9.81. The van der Waals surface area contributed by atoms with Crippen molar-refractivity contribution in [1.29, 1.82) is 0 Å². The Hall–Kier alpha value is -0.420. The SMILES string of the molecule is CC(C(F)(F)F)C1(C(F)(F)F)CC1CC(C)(C)C. The van der Waals surface area contributed by atoms with Crippen LogP contribution in [0.4, 0.5) is 26.3 Å². The molecule has 1 fully saturated rings. The molecule has 0 nitrogen and oxygen atoms in total. The molecular weight excluding hydrogens is 258 g/mol. The quantitative estimate of drug-likeness (QED) is 0.609. The number of hydrogen-bond donors (Lipinski definition) is 0. The van der Waals surface area contributed by atoms with Gasteiger partial charge in [0.25, 0.3) is 0 Å². The molecule has 1 saturated carbocycles. The minimum Gasteiger partial charge on any atom is -0.171 e. The summed E-state index contributed by atoms with van der Waals surface area (Å²) in [5.41, 5.74) is -2.97. The topological polar surface area (TPSA) is 0 Å². The van der Waals surface area contributed by atoms with Crippen molar-refractivity contribution in [2.24, 2.45) is 22.7 Å². The lowest BCUT2D eigenvalue weighted by Crippen LogP contribution is -2.40. The van der Waals surface area contributed by atoms with Crippen LogP contribution >= 0.6 is 0 Å². The Kier molecular flexibility index (Phi) is 3.51. The van der Waals surface area contributed by atoms with Gasteiger partial charge in [-0.05, 0) is 24.2 Å². The van der Waals surface area contributed by atoms with Crippen LogP contribution in [0.2, 0.25) is 0 Å². The van der Waals surface area contributed by atoms with E-state index in [4.69, 9.17) is 0 Å². The summed E-state index contributed by atoms with van der Waals surface area (Å²) in [6.45, 7) is 5.87. The van der Waals surface area contributed by atoms with Gasteiger partial charge in [-0.3, -0.25) is 0 Å². The third-order valence-corrected chi connectivity index (χ3v) is 3.80. The molecular formula is C12H18F6. The maximum absolute atomic E-state index is 13.0. The standard InChI is InChI=1S/C12H18F6/c1-7(11(13,14)15)10(12(16,17)18)6-8(10)5-9(2,3)4/h7-8H,5-6H2,1-4H3. The van der Waals surface area contributed by atoms with Crippen LogP contribution in [0.5, 0.6) is 0 Å². The van der Waals surface area contributed by atoms with Crippen molar-refractivity contribution in [2.45, 2.75) is 52.9 Å². The van der Waals surface area contributed by atoms with Crippen LogP contribution in [0, 0.1) is 22.7 Å². The first-order valence-electron chi connectivity index (χ1n) is 5.85. The molecule has 0 amide bonds. The Balaban J connectivity index is 2.98. The molecule has 3 unspecified atom stereocenters. The number of hydrogen-bond acceptors (Lipinski definition) is 0. The summed E-state index contributed by atoms with van der Waals surface area (Å²) in [6.07, 6.45) is -9.85. The van der Waals surface area contributed by atoms with Gasteiger partial charge in [-0.15, -0.1) is 0 Å². The summed E-state index contributed by atoms with van der Waals surface area (Å²) in [6, 6.07) is 0. The fraction of sp³-hybridized carbons (Fsp3) is 1.00. The van der Waals surface area contributed by atoms with Crippen molar-refractivity contribution in [3.63, 3.8) is 0 Å². The second-order valence-electron chi connectivity index (χ2n) is 6.47. The van der Waals surface area contributed by atoms with Crippen molar-refractivity contribution in [3.8, 4) is 0 Å². The van der Waals surface area contributed by atoms with Gasteiger partial charge in [0.1, 0.15) is 0 Å². The van der Waals surface area contributed by atoms with Crippen LogP contribution in [0.15, 0.2) is 0 Å². The second kappa shape index (κ2) is 4.04. The molecule has 1 rings (SSSR count). The van der Waals surface area contributed by atoms with Gasteiger partial charge >= 0.3 is 12.4 Å². The fourth-order valence-corrected chi connectivity index (χ4v) is 2.76. The van der Waals surface area contributed by atoms with E-state index in [1.165, 1.54) is 0 Å². The molecule has 0 aliphatic heterocycles. The Morgan fingerprint density at radius 3 is 1.78 bits per heavy atom. The predicted molar refractivity (Wildman–Crippen MR) is 55.9 cm³/mol. The fourth-order valence-electron chi connectivity index (χ4n) is 2.76. The van der Waals surface area contributed by atoms with Gasteiger partial charge in [-0.2, -0.15) is 26.3 Å². The molecule has 0 bridgehead atoms. The molecule has 0 aromatic carbocycles. The summed E-state index contributed by atoms with van der Waals surface area (Å²) in [5.74, 6) is -3.26. The zero-order chi connectivity index (χ0) is 14.6. The zero-order valence-electron chi connectivity index (χ0n) is 10.8. The first kappa shape index (κ1) is 15.6. The van der Waals surface area contributed by atoms with Crippen LogP contribution in [0.25, 0.3) is 0 Å². The molecule has 0 radical (unpaired) electrons. The third kappa shape index (κ3) is 2.77. The minimum absolute atomic E-state index is 0.160. The third-order valence-electron chi connectivity index (χ3n) is 3.80. The van der Waals surface area contributed by atoms with Crippen LogP contribution in [-0.2, 0) is 0 Å². The van der Waals surface area contributed by atoms with Crippen LogP contribution < -0.4 is 0 Å². The molecule has 0 aromatic heterocycles. The molecule has 3 atom stereocenters. The second-order valence-corrected chi connectivity index (χ2v) is 6.47. The molecule has 1 aliphatic rings. The van der Waals surface area contributed by atoms with Gasteiger partial charge in [-0.1, -0.05) is 27.7 Å². The molecule has 0 spiro atoms. The molecule has 6 heteroatoms. The maximum atomic E-state index is 13.0. The van der Waals surface area contributed by atoms with Crippen molar-refractivity contribution in [1.82, 2.24) is 0 Å². The number of alkyl halides is 6. The van der Waals surface area contributed by atoms with E-state index in [1.54, 1.807) is 20.8 Å². The molecule has 0 aromatic rings. The summed E-state index contributed by atoms with van der Waals surface area (Å²) >= 11 is 0. The summed E-state index contributed by atoms with van der Waals surface area (Å²) in [5, 5.41) is 0. The van der Waals surface area contributed by atoms with E-state index in [-0.39, 0.29) is 6.42 Å². The van der Waals surface area contributed by atoms with E-state index in [0.717, 1.165) is 0 Å². The first-order chi connectivity index (χ1) is 7.72. The Morgan fingerprint density at radius 2 is 1.50 bits per heavy atom. The van der Waals surface area contributed by atoms with Gasteiger partial charge in [0.15, 0.2) is 0 Å². The van der Waals surface area contributed by atoms with E-state index in [2.05, 4.69) is 0 Å². The number of rotatable bonds is 2. The minimum atomic E-state index is -4.80. The lowest BCUT2D eigenvalue weighted by molar-refractivity contribution is -0.266. The van der Waals surface area contributed by atoms with Gasteiger partial charge < -0.3 is 0 Å². The summed E-state index contributed by atoms with van der Waals surface area (Å²) in [7, 11) is 0. The highest BCUT2D eigenvalue weighted by Gasteiger charge is 2.76. The molecule has 0 saturated heterocycles. The smallest absolute Gasteiger partial charge is 0.171 e. The van der Waals surface area contributed by atoms with Crippen LogP contribution in [0.1, 0.15) is 40.5 Å². The number of halogens is 6. The van der Waals surface area contributed by atoms with Gasteiger partial charge in [0.05, 0.1) is 11.3 Å². The average Bonchev–Trinajstić information content (AvgIpc) is 2.72. The maximum Gasteiger partial charge on any atom is 0.395 e. The van der Waals surface area contributed by atoms with Gasteiger partial charge in [0.2, 0.25) is 0 Å². The van der Waals surface area contributed by atoms with E-state index in [0.29, 0.717) is 6.92 Å². The van der Waals surface area contributed by atoms with Crippen molar-refractivity contribution in [3.05, 3.63) is 0 Å². The highest BCUT2D eigenvalue weighted by Crippen LogP contribution is 2.71. The Bertz CT molecular complexity index is 308. The van der Waals surface area contributed by atoms with E-state index in [9.17, 15) is 26.3 Å². The average molecular weight is 276 g/mol. The van der Waals surface area contributed by atoms with E-state index < -0.39 is 41.4 Å². The van der Waals surface area contributed by atoms with Crippen molar-refractivity contribution < 1.29 is 26.3 Å². The lowest BCUT2D eigenvalue weighted by Gasteiger charge is -2.31. The Labute approximate surface area is 103 Å². The summed E-state index contributed by atoms with van der Waals surface area (Å²) in [4.78, 5) is 0. The highest BCUT2D eigenvalue weighted by molar-refractivity contribution is 5.11. The van der Waals surface area contributed by atoms with Crippen molar-refractivity contribution in [2.75, 3.05) is 0 Å². The highest BCUT2D eigenvalue weighted by atomic mass is 19.4. The van der Waals surface area contributed by atoms with Gasteiger partial charge in [0, 0.05) is 0 Å². The van der Waals surface area contributed by atoms with Crippen molar-refractivity contribution >= 4 is 0 Å². The predicted octanol–water partition coefficient (Wildman–Crippen LogP) is 5.19. The largest absolute Gasteiger partial charge is 0.395 e. The Morgan fingerprint density at radius 1 is 1.06 bits per heavy atom. The summed E-state index contributed by atoms with van der Waals surface area (Å²) < 4.78 is 76.9. The molecule has 18 heavy (non-hydrogen) atoms. The normalized spacial score (nSPS) is 31.3.